The first-order chi connectivity index (χ1) is 22.0. The van der Waals surface area contributed by atoms with E-state index in [1.165, 1.54) is 23.6 Å². The van der Waals surface area contributed by atoms with Gasteiger partial charge in [-0.25, -0.2) is 19.6 Å². The van der Waals surface area contributed by atoms with Crippen LogP contribution in [0.5, 0.6) is 0 Å². The third kappa shape index (κ3) is 12.2. The van der Waals surface area contributed by atoms with Crippen LogP contribution < -0.4 is 21.3 Å². The zero-order valence-corrected chi connectivity index (χ0v) is 30.1. The molecule has 0 aromatic carbocycles. The van der Waals surface area contributed by atoms with E-state index in [4.69, 9.17) is 9.47 Å². The summed E-state index contributed by atoms with van der Waals surface area (Å²) in [6, 6.07) is -2.89. The van der Waals surface area contributed by atoms with Gasteiger partial charge in [0.2, 0.25) is 11.8 Å². The SMILES string of the molecule is CCOC(=O)c1csc(CNC(=O)[C@@H](NC(=O)[C@@H](NC(=O)c2csc([C@H](NC(=O)OC(C)(C)C)[C@@H](C)CC)n2)[C@@H](C)CC)[C@H](C)O)n1. The predicted molar refractivity (Wildman–Crippen MR) is 178 cm³/mol. The second-order valence-corrected chi connectivity index (χ2v) is 14.0. The molecule has 6 atom stereocenters. The molecule has 262 valence electrons. The summed E-state index contributed by atoms with van der Waals surface area (Å²) in [5, 5.41) is 25.2. The van der Waals surface area contributed by atoms with Crippen LogP contribution >= 0.6 is 22.7 Å². The molecule has 0 spiro atoms. The number of carbonyl (C=O) groups is 5. The molecule has 14 nitrogen and oxygen atoms in total. The minimum Gasteiger partial charge on any atom is -0.461 e. The molecule has 16 heteroatoms. The van der Waals surface area contributed by atoms with Crippen molar-refractivity contribution >= 4 is 52.5 Å². The maximum absolute atomic E-state index is 13.5. The normalized spacial score (nSPS) is 15.3. The van der Waals surface area contributed by atoms with Crippen LogP contribution in [0.25, 0.3) is 0 Å². The van der Waals surface area contributed by atoms with Crippen molar-refractivity contribution in [1.29, 1.82) is 0 Å². The Morgan fingerprint density at radius 2 is 1.49 bits per heavy atom. The number of rotatable bonds is 16. The lowest BCUT2D eigenvalue weighted by Crippen LogP contribution is -2.58. The zero-order chi connectivity index (χ0) is 35.5. The number of thiazole rings is 2. The third-order valence-corrected chi connectivity index (χ3v) is 8.98. The van der Waals surface area contributed by atoms with Crippen molar-refractivity contribution in [1.82, 2.24) is 31.2 Å². The molecule has 5 N–H and O–H groups in total. The van der Waals surface area contributed by atoms with E-state index in [0.717, 1.165) is 17.8 Å². The molecular weight excluding hydrogens is 649 g/mol. The molecule has 0 saturated carbocycles. The van der Waals surface area contributed by atoms with Crippen LogP contribution in [-0.2, 0) is 25.6 Å². The number of aliphatic hydroxyl groups is 1. The molecular formula is C31H48N6O8S2. The summed E-state index contributed by atoms with van der Waals surface area (Å²) in [6.07, 6.45) is -0.611. The van der Waals surface area contributed by atoms with Gasteiger partial charge in [-0.1, -0.05) is 40.5 Å². The number of alkyl carbamates (subject to hydrolysis) is 1. The van der Waals surface area contributed by atoms with Gasteiger partial charge < -0.3 is 35.8 Å². The van der Waals surface area contributed by atoms with Gasteiger partial charge in [-0.3, -0.25) is 14.4 Å². The molecule has 2 rings (SSSR count). The first-order valence-electron chi connectivity index (χ1n) is 15.6. The maximum atomic E-state index is 13.5. The number of nitrogens with zero attached hydrogens (tertiary/aromatic N) is 2. The Kier molecular flexibility index (Phi) is 15.2. The number of aromatic nitrogens is 2. The number of hydrogen-bond acceptors (Lipinski definition) is 12. The fraction of sp³-hybridized carbons (Fsp3) is 0.645. The van der Waals surface area contributed by atoms with E-state index in [1.807, 2.05) is 20.8 Å². The van der Waals surface area contributed by atoms with E-state index in [2.05, 4.69) is 31.2 Å². The lowest BCUT2D eigenvalue weighted by Gasteiger charge is -2.27. The highest BCUT2D eigenvalue weighted by molar-refractivity contribution is 7.10. The number of hydrogen-bond donors (Lipinski definition) is 5. The Bertz CT molecular complexity index is 1370. The fourth-order valence-corrected chi connectivity index (χ4v) is 5.87. The van der Waals surface area contributed by atoms with Crippen molar-refractivity contribution in [2.45, 2.75) is 112 Å². The monoisotopic (exact) mass is 696 g/mol. The van der Waals surface area contributed by atoms with E-state index in [-0.39, 0.29) is 36.4 Å². The Morgan fingerprint density at radius 1 is 0.851 bits per heavy atom. The van der Waals surface area contributed by atoms with Crippen LogP contribution in [-0.4, -0.2) is 75.3 Å². The first-order valence-corrected chi connectivity index (χ1v) is 17.4. The van der Waals surface area contributed by atoms with Gasteiger partial charge in [0.15, 0.2) is 5.69 Å². The van der Waals surface area contributed by atoms with Gasteiger partial charge in [-0.15, -0.1) is 22.7 Å². The van der Waals surface area contributed by atoms with Crippen molar-refractivity contribution in [3.05, 3.63) is 32.2 Å². The lowest BCUT2D eigenvalue weighted by molar-refractivity contribution is -0.133. The van der Waals surface area contributed by atoms with Crippen LogP contribution in [0, 0.1) is 11.8 Å². The molecule has 47 heavy (non-hydrogen) atoms. The van der Waals surface area contributed by atoms with E-state index in [0.29, 0.717) is 16.4 Å². The topological polar surface area (TPSA) is 198 Å². The Morgan fingerprint density at radius 3 is 2.06 bits per heavy atom. The quantitative estimate of drug-likeness (QED) is 0.161. The van der Waals surface area contributed by atoms with Gasteiger partial charge in [0.25, 0.3) is 5.91 Å². The largest absolute Gasteiger partial charge is 0.461 e. The fourth-order valence-electron chi connectivity index (χ4n) is 4.18. The summed E-state index contributed by atoms with van der Waals surface area (Å²) in [5.41, 5.74) is -0.496. The second kappa shape index (κ2) is 18.1. The van der Waals surface area contributed by atoms with Crippen LogP contribution in [0.15, 0.2) is 10.8 Å². The van der Waals surface area contributed by atoms with Gasteiger partial charge >= 0.3 is 12.1 Å². The molecule has 0 aliphatic rings. The average molecular weight is 697 g/mol. The third-order valence-electron chi connectivity index (χ3n) is 7.20. The summed E-state index contributed by atoms with van der Waals surface area (Å²) in [5.74, 6) is -2.86. The van der Waals surface area contributed by atoms with E-state index in [9.17, 15) is 29.1 Å². The number of ether oxygens (including phenoxy) is 2. The molecule has 2 heterocycles. The lowest BCUT2D eigenvalue weighted by atomic mass is 9.97. The van der Waals surface area contributed by atoms with E-state index >= 15 is 0 Å². The Balaban J connectivity index is 2.14. The highest BCUT2D eigenvalue weighted by atomic mass is 32.1. The van der Waals surface area contributed by atoms with Crippen LogP contribution in [0.2, 0.25) is 0 Å². The summed E-state index contributed by atoms with van der Waals surface area (Å²) in [6.45, 7) is 16.1. The number of amides is 4. The molecule has 0 aliphatic heterocycles. The van der Waals surface area contributed by atoms with Gasteiger partial charge in [0.05, 0.1) is 25.3 Å². The minimum atomic E-state index is -1.34. The Hall–Kier alpha value is -3.63. The number of carbonyl (C=O) groups excluding carboxylic acids is 5. The number of aliphatic hydroxyl groups excluding tert-OH is 1. The van der Waals surface area contributed by atoms with Crippen molar-refractivity contribution in [3.8, 4) is 0 Å². The van der Waals surface area contributed by atoms with Gasteiger partial charge in [-0.05, 0) is 46.5 Å². The summed E-state index contributed by atoms with van der Waals surface area (Å²) in [4.78, 5) is 72.9. The number of nitrogens with one attached hydrogen (secondary N) is 4. The van der Waals surface area contributed by atoms with Gasteiger partial charge in [-0.2, -0.15) is 0 Å². The van der Waals surface area contributed by atoms with Crippen molar-refractivity contribution in [2.24, 2.45) is 11.8 Å². The maximum Gasteiger partial charge on any atom is 0.408 e. The van der Waals surface area contributed by atoms with Crippen LogP contribution in [0.4, 0.5) is 4.79 Å². The standard InChI is InChI=1S/C31H48N6O8S2/c1-10-16(4)22(27(41)36-24(18(6)38)26(40)32-13-21-33-20(15-46-21)29(42)44-12-3)35-25(39)19-14-47-28(34-19)23(17(5)11-2)37-30(43)45-31(7,8)9/h14-18,22-24,38H,10-13H2,1-9H3,(H,32,40)(H,35,39)(H,36,41)(H,37,43)/t16-,17-,18-,22-,23+,24-/m0/s1. The molecule has 0 bridgehead atoms. The van der Waals surface area contributed by atoms with Crippen molar-refractivity contribution in [2.75, 3.05) is 6.61 Å². The van der Waals surface area contributed by atoms with E-state index in [1.54, 1.807) is 40.0 Å². The molecule has 0 saturated heterocycles. The van der Waals surface area contributed by atoms with Gasteiger partial charge in [0.1, 0.15) is 33.4 Å². The number of esters is 1. The smallest absolute Gasteiger partial charge is 0.408 e. The highest BCUT2D eigenvalue weighted by Crippen LogP contribution is 2.28. The minimum absolute atomic E-state index is 0.0121. The van der Waals surface area contributed by atoms with Crippen molar-refractivity contribution < 1.29 is 38.6 Å². The molecule has 0 aliphatic carbocycles. The predicted octanol–water partition coefficient (Wildman–Crippen LogP) is 3.71. The van der Waals surface area contributed by atoms with Crippen LogP contribution in [0.3, 0.4) is 0 Å². The molecule has 0 unspecified atom stereocenters. The summed E-state index contributed by atoms with van der Waals surface area (Å²) in [7, 11) is 0. The molecule has 2 aromatic rings. The van der Waals surface area contributed by atoms with Gasteiger partial charge in [0, 0.05) is 10.8 Å². The molecule has 2 aromatic heterocycles. The summed E-state index contributed by atoms with van der Waals surface area (Å²) < 4.78 is 10.3. The molecule has 0 fully saturated rings. The highest BCUT2D eigenvalue weighted by Gasteiger charge is 2.33. The zero-order valence-electron chi connectivity index (χ0n) is 28.5. The van der Waals surface area contributed by atoms with Crippen molar-refractivity contribution in [3.63, 3.8) is 0 Å². The second-order valence-electron chi connectivity index (χ2n) is 12.2. The molecule has 0 radical (unpaired) electrons. The summed E-state index contributed by atoms with van der Waals surface area (Å²) >= 11 is 2.36. The Labute approximate surface area is 283 Å². The average Bonchev–Trinajstić information content (AvgIpc) is 3.69. The molecule has 4 amide bonds. The van der Waals surface area contributed by atoms with E-state index < -0.39 is 59.6 Å². The van der Waals surface area contributed by atoms with Crippen LogP contribution in [0.1, 0.15) is 112 Å². The first kappa shape index (κ1) is 39.5.